The normalized spacial score (nSPS) is 26.4. The standard InChI is InChI=1S/C10H20N2O3/c1-10(2,3)15-9(14)12-5-7-4-11-6-8(7)13/h7-8,11,13H,4-6H2,1-3H3,(H,12,14)/t7-,8-/m1/s1. The second-order valence-corrected chi connectivity index (χ2v) is 4.87. The average molecular weight is 216 g/mol. The molecule has 5 nitrogen and oxygen atoms in total. The van der Waals surface area contributed by atoms with Gasteiger partial charge in [-0.1, -0.05) is 0 Å². The summed E-state index contributed by atoms with van der Waals surface area (Å²) in [7, 11) is 0. The van der Waals surface area contributed by atoms with Crippen LogP contribution in [0.3, 0.4) is 0 Å². The summed E-state index contributed by atoms with van der Waals surface area (Å²) in [5, 5.41) is 15.2. The predicted molar refractivity (Wildman–Crippen MR) is 56.6 cm³/mol. The van der Waals surface area contributed by atoms with Gasteiger partial charge in [-0.15, -0.1) is 0 Å². The monoisotopic (exact) mass is 216 g/mol. The molecule has 0 aromatic rings. The third-order valence-corrected chi connectivity index (χ3v) is 2.21. The highest BCUT2D eigenvalue weighted by Gasteiger charge is 2.25. The van der Waals surface area contributed by atoms with E-state index in [-0.39, 0.29) is 12.0 Å². The van der Waals surface area contributed by atoms with Gasteiger partial charge in [0.15, 0.2) is 0 Å². The first-order valence-electron chi connectivity index (χ1n) is 5.24. The number of ether oxygens (including phenoxy) is 1. The third-order valence-electron chi connectivity index (χ3n) is 2.21. The lowest BCUT2D eigenvalue weighted by Gasteiger charge is -2.21. The van der Waals surface area contributed by atoms with Crippen LogP contribution < -0.4 is 10.6 Å². The Bertz CT molecular complexity index is 225. The number of β-amino-alcohol motifs (C(OH)–C–C–N with tert-alkyl or cyclic N) is 1. The van der Waals surface area contributed by atoms with Crippen molar-refractivity contribution in [1.82, 2.24) is 10.6 Å². The minimum Gasteiger partial charge on any atom is -0.444 e. The molecule has 1 aliphatic rings. The molecule has 3 N–H and O–H groups in total. The van der Waals surface area contributed by atoms with Crippen molar-refractivity contribution < 1.29 is 14.6 Å². The van der Waals surface area contributed by atoms with Crippen molar-refractivity contribution in [3.63, 3.8) is 0 Å². The Labute approximate surface area is 90.2 Å². The van der Waals surface area contributed by atoms with E-state index in [0.29, 0.717) is 13.1 Å². The Morgan fingerprint density at radius 3 is 2.67 bits per heavy atom. The van der Waals surface area contributed by atoms with Gasteiger partial charge in [-0.05, 0) is 20.8 Å². The van der Waals surface area contributed by atoms with Crippen molar-refractivity contribution in [2.75, 3.05) is 19.6 Å². The SMILES string of the molecule is CC(C)(C)OC(=O)NC[C@H]1CNC[C@H]1O. The van der Waals surface area contributed by atoms with Crippen molar-refractivity contribution in [2.45, 2.75) is 32.5 Å². The number of aliphatic hydroxyl groups is 1. The van der Waals surface area contributed by atoms with Crippen LogP contribution in [0.2, 0.25) is 0 Å². The van der Waals surface area contributed by atoms with E-state index in [1.807, 2.05) is 20.8 Å². The zero-order chi connectivity index (χ0) is 11.5. The summed E-state index contributed by atoms with van der Waals surface area (Å²) >= 11 is 0. The molecule has 1 saturated heterocycles. The highest BCUT2D eigenvalue weighted by atomic mass is 16.6. The van der Waals surface area contributed by atoms with E-state index in [1.54, 1.807) is 0 Å². The number of hydrogen-bond acceptors (Lipinski definition) is 4. The van der Waals surface area contributed by atoms with Gasteiger partial charge in [0.2, 0.25) is 0 Å². The van der Waals surface area contributed by atoms with E-state index in [0.717, 1.165) is 6.54 Å². The molecule has 5 heteroatoms. The van der Waals surface area contributed by atoms with Gasteiger partial charge in [0, 0.05) is 25.6 Å². The van der Waals surface area contributed by atoms with Crippen LogP contribution in [-0.4, -0.2) is 42.5 Å². The molecule has 1 heterocycles. The van der Waals surface area contributed by atoms with Crippen LogP contribution in [-0.2, 0) is 4.74 Å². The van der Waals surface area contributed by atoms with Crippen molar-refractivity contribution in [3.8, 4) is 0 Å². The maximum absolute atomic E-state index is 11.3. The summed E-state index contributed by atoms with van der Waals surface area (Å²) in [4.78, 5) is 11.3. The van der Waals surface area contributed by atoms with Gasteiger partial charge in [-0.2, -0.15) is 0 Å². The van der Waals surface area contributed by atoms with Crippen LogP contribution in [0.4, 0.5) is 4.79 Å². The van der Waals surface area contributed by atoms with Crippen LogP contribution >= 0.6 is 0 Å². The molecule has 0 radical (unpaired) electrons. The molecule has 2 atom stereocenters. The highest BCUT2D eigenvalue weighted by Crippen LogP contribution is 2.09. The summed E-state index contributed by atoms with van der Waals surface area (Å²) < 4.78 is 5.08. The van der Waals surface area contributed by atoms with Gasteiger partial charge in [-0.25, -0.2) is 4.79 Å². The van der Waals surface area contributed by atoms with Gasteiger partial charge < -0.3 is 20.5 Å². The van der Waals surface area contributed by atoms with Crippen LogP contribution in [0, 0.1) is 5.92 Å². The largest absolute Gasteiger partial charge is 0.444 e. The highest BCUT2D eigenvalue weighted by molar-refractivity contribution is 5.67. The molecule has 1 amide bonds. The number of carbonyl (C=O) groups is 1. The first kappa shape index (κ1) is 12.3. The topological polar surface area (TPSA) is 70.6 Å². The number of nitrogens with one attached hydrogen (secondary N) is 2. The maximum Gasteiger partial charge on any atom is 0.407 e. The van der Waals surface area contributed by atoms with Crippen molar-refractivity contribution in [3.05, 3.63) is 0 Å². The second kappa shape index (κ2) is 4.81. The zero-order valence-corrected chi connectivity index (χ0v) is 9.54. The third kappa shape index (κ3) is 4.48. The Morgan fingerprint density at radius 2 is 2.20 bits per heavy atom. The van der Waals surface area contributed by atoms with E-state index in [9.17, 15) is 9.90 Å². The fourth-order valence-electron chi connectivity index (χ4n) is 1.46. The number of carbonyl (C=O) groups excluding carboxylic acids is 1. The maximum atomic E-state index is 11.3. The molecule has 0 aromatic carbocycles. The second-order valence-electron chi connectivity index (χ2n) is 4.87. The van der Waals surface area contributed by atoms with Gasteiger partial charge >= 0.3 is 6.09 Å². The molecular formula is C10H20N2O3. The van der Waals surface area contributed by atoms with E-state index in [1.165, 1.54) is 0 Å². The van der Waals surface area contributed by atoms with Gasteiger partial charge in [0.05, 0.1) is 6.10 Å². The average Bonchev–Trinajstić information content (AvgIpc) is 2.44. The number of hydrogen-bond donors (Lipinski definition) is 3. The van der Waals surface area contributed by atoms with Gasteiger partial charge in [0.1, 0.15) is 5.60 Å². The van der Waals surface area contributed by atoms with E-state index < -0.39 is 11.7 Å². The van der Waals surface area contributed by atoms with E-state index >= 15 is 0 Å². The molecule has 0 aromatic heterocycles. The van der Waals surface area contributed by atoms with Crippen LogP contribution in [0.25, 0.3) is 0 Å². The number of amides is 1. The van der Waals surface area contributed by atoms with Gasteiger partial charge in [-0.3, -0.25) is 0 Å². The lowest BCUT2D eigenvalue weighted by atomic mass is 10.1. The van der Waals surface area contributed by atoms with Crippen LogP contribution in [0.1, 0.15) is 20.8 Å². The molecular weight excluding hydrogens is 196 g/mol. The van der Waals surface area contributed by atoms with Crippen molar-refractivity contribution in [2.24, 2.45) is 5.92 Å². The molecule has 0 bridgehead atoms. The predicted octanol–water partition coefficient (Wildman–Crippen LogP) is 0.0914. The minimum absolute atomic E-state index is 0.0810. The molecule has 1 rings (SSSR count). The fraction of sp³-hybridized carbons (Fsp3) is 0.900. The van der Waals surface area contributed by atoms with Gasteiger partial charge in [0.25, 0.3) is 0 Å². The molecule has 88 valence electrons. The quantitative estimate of drug-likeness (QED) is 0.612. The summed E-state index contributed by atoms with van der Waals surface area (Å²) in [5.41, 5.74) is -0.476. The summed E-state index contributed by atoms with van der Waals surface area (Å²) in [6, 6.07) is 0. The zero-order valence-electron chi connectivity index (χ0n) is 9.54. The van der Waals surface area contributed by atoms with Crippen molar-refractivity contribution >= 4 is 6.09 Å². The molecule has 0 saturated carbocycles. The lowest BCUT2D eigenvalue weighted by Crippen LogP contribution is -2.38. The van der Waals surface area contributed by atoms with E-state index in [2.05, 4.69) is 10.6 Å². The molecule has 1 aliphatic heterocycles. The molecule has 15 heavy (non-hydrogen) atoms. The Balaban J connectivity index is 2.22. The molecule has 0 unspecified atom stereocenters. The summed E-state index contributed by atoms with van der Waals surface area (Å²) in [6.45, 7) is 7.23. The lowest BCUT2D eigenvalue weighted by molar-refractivity contribution is 0.0505. The minimum atomic E-state index is -0.476. The van der Waals surface area contributed by atoms with Crippen LogP contribution in [0.5, 0.6) is 0 Å². The van der Waals surface area contributed by atoms with Crippen molar-refractivity contribution in [1.29, 1.82) is 0 Å². The summed E-state index contributed by atoms with van der Waals surface area (Å²) in [6.07, 6.45) is -0.804. The first-order valence-corrected chi connectivity index (χ1v) is 5.24. The molecule has 0 spiro atoms. The fourth-order valence-corrected chi connectivity index (χ4v) is 1.46. The number of aliphatic hydroxyl groups excluding tert-OH is 1. The number of alkyl carbamates (subject to hydrolysis) is 1. The summed E-state index contributed by atoms with van der Waals surface area (Å²) in [5.74, 6) is 0.0810. The first-order chi connectivity index (χ1) is 6.88. The smallest absolute Gasteiger partial charge is 0.407 e. The Morgan fingerprint density at radius 1 is 1.53 bits per heavy atom. The molecule has 1 fully saturated rings. The van der Waals surface area contributed by atoms with E-state index in [4.69, 9.17) is 4.74 Å². The van der Waals surface area contributed by atoms with Crippen LogP contribution in [0.15, 0.2) is 0 Å². The Hall–Kier alpha value is -0.810. The Kier molecular flexibility index (Phi) is 3.93. The number of rotatable bonds is 2. The molecule has 0 aliphatic carbocycles.